The molecule has 0 amide bonds. The largest absolute Gasteiger partial charge is 0.497 e. The van der Waals surface area contributed by atoms with Gasteiger partial charge in [0.25, 0.3) is 0 Å². The van der Waals surface area contributed by atoms with Crippen molar-refractivity contribution in [3.05, 3.63) is 65.6 Å². The summed E-state index contributed by atoms with van der Waals surface area (Å²) in [6.07, 6.45) is 1.52. The highest BCUT2D eigenvalue weighted by molar-refractivity contribution is 6.28. The number of hydrogen-bond acceptors (Lipinski definition) is 5. The van der Waals surface area contributed by atoms with Crippen molar-refractivity contribution in [3.63, 3.8) is 0 Å². The van der Waals surface area contributed by atoms with Gasteiger partial charge in [-0.3, -0.25) is 19.6 Å². The standard InChI is InChI=1S/C18H12N2O3/c1-23-11-5-7-13-10(9-11)4-6-14(20-13)15-17(21)12-3-2-8-19-16(12)18(15)22/h2-9,15H,1H3. The Labute approximate surface area is 131 Å². The lowest BCUT2D eigenvalue weighted by Gasteiger charge is -2.08. The highest BCUT2D eigenvalue weighted by Gasteiger charge is 2.41. The van der Waals surface area contributed by atoms with Crippen molar-refractivity contribution in [2.45, 2.75) is 5.92 Å². The van der Waals surface area contributed by atoms with Gasteiger partial charge in [-0.2, -0.15) is 0 Å². The van der Waals surface area contributed by atoms with Gasteiger partial charge >= 0.3 is 0 Å². The molecule has 0 fully saturated rings. The first-order valence-electron chi connectivity index (χ1n) is 7.17. The van der Waals surface area contributed by atoms with E-state index in [9.17, 15) is 9.59 Å². The lowest BCUT2D eigenvalue weighted by molar-refractivity contribution is 0.0886. The van der Waals surface area contributed by atoms with Crippen LogP contribution in [-0.2, 0) is 0 Å². The normalized spacial score (nSPS) is 16.7. The lowest BCUT2D eigenvalue weighted by Crippen LogP contribution is -2.14. The van der Waals surface area contributed by atoms with E-state index in [1.165, 1.54) is 6.20 Å². The van der Waals surface area contributed by atoms with Gasteiger partial charge in [-0.05, 0) is 36.4 Å². The first-order chi connectivity index (χ1) is 11.2. The fourth-order valence-electron chi connectivity index (χ4n) is 2.89. The second-order valence-corrected chi connectivity index (χ2v) is 5.36. The molecule has 23 heavy (non-hydrogen) atoms. The molecule has 0 N–H and O–H groups in total. The van der Waals surface area contributed by atoms with Crippen LogP contribution in [0.25, 0.3) is 10.9 Å². The number of benzene rings is 1. The first-order valence-corrected chi connectivity index (χ1v) is 7.17. The van der Waals surface area contributed by atoms with Crippen molar-refractivity contribution in [2.24, 2.45) is 0 Å². The van der Waals surface area contributed by atoms with Gasteiger partial charge in [0, 0.05) is 17.1 Å². The smallest absolute Gasteiger partial charge is 0.198 e. The number of fused-ring (bicyclic) bond motifs is 2. The van der Waals surface area contributed by atoms with E-state index in [4.69, 9.17) is 4.74 Å². The molecule has 0 saturated heterocycles. The van der Waals surface area contributed by atoms with Crippen molar-refractivity contribution in [1.82, 2.24) is 9.97 Å². The van der Waals surface area contributed by atoms with Crippen LogP contribution in [0.4, 0.5) is 0 Å². The summed E-state index contributed by atoms with van der Waals surface area (Å²) < 4.78 is 5.18. The molecule has 112 valence electrons. The van der Waals surface area contributed by atoms with Crippen LogP contribution in [0.3, 0.4) is 0 Å². The maximum atomic E-state index is 12.5. The third kappa shape index (κ3) is 2.01. The highest BCUT2D eigenvalue weighted by Crippen LogP contribution is 2.32. The van der Waals surface area contributed by atoms with Crippen LogP contribution in [0.1, 0.15) is 32.5 Å². The molecule has 2 heterocycles. The number of nitrogens with zero attached hydrogens (tertiary/aromatic N) is 2. The van der Waals surface area contributed by atoms with Crippen LogP contribution >= 0.6 is 0 Å². The number of rotatable bonds is 2. The average molecular weight is 304 g/mol. The minimum atomic E-state index is -0.897. The van der Waals surface area contributed by atoms with Gasteiger partial charge in [-0.25, -0.2) is 0 Å². The van der Waals surface area contributed by atoms with Crippen LogP contribution in [0.15, 0.2) is 48.7 Å². The third-order valence-electron chi connectivity index (χ3n) is 4.04. The van der Waals surface area contributed by atoms with Gasteiger partial charge < -0.3 is 4.74 Å². The van der Waals surface area contributed by atoms with E-state index in [0.29, 0.717) is 16.8 Å². The van der Waals surface area contributed by atoms with Gasteiger partial charge in [0.2, 0.25) is 0 Å². The Balaban J connectivity index is 1.81. The highest BCUT2D eigenvalue weighted by atomic mass is 16.5. The monoisotopic (exact) mass is 304 g/mol. The van der Waals surface area contributed by atoms with E-state index < -0.39 is 5.92 Å². The Bertz CT molecular complexity index is 930. The van der Waals surface area contributed by atoms with Crippen LogP contribution < -0.4 is 4.74 Å². The van der Waals surface area contributed by atoms with E-state index in [0.717, 1.165) is 11.1 Å². The van der Waals surface area contributed by atoms with E-state index in [1.54, 1.807) is 31.4 Å². The first kappa shape index (κ1) is 13.6. The number of Topliss-reactive ketones (excluding diaryl/α,β-unsaturated/α-hetero) is 2. The summed E-state index contributed by atoms with van der Waals surface area (Å²) in [5.74, 6) is -0.688. The second kappa shape index (κ2) is 4.98. The number of hydrogen-bond donors (Lipinski definition) is 0. The van der Waals surface area contributed by atoms with E-state index in [1.807, 2.05) is 18.2 Å². The van der Waals surface area contributed by atoms with Crippen molar-refractivity contribution >= 4 is 22.5 Å². The second-order valence-electron chi connectivity index (χ2n) is 5.36. The molecule has 0 saturated carbocycles. The average Bonchev–Trinajstić information content (AvgIpc) is 2.85. The summed E-state index contributed by atoms with van der Waals surface area (Å²) in [6, 6.07) is 12.3. The van der Waals surface area contributed by atoms with Gasteiger partial charge in [-0.1, -0.05) is 6.07 Å². The van der Waals surface area contributed by atoms with Crippen LogP contribution in [0.5, 0.6) is 5.75 Å². The zero-order valence-electron chi connectivity index (χ0n) is 12.3. The molecule has 2 aromatic heterocycles. The lowest BCUT2D eigenvalue weighted by atomic mass is 9.98. The van der Waals surface area contributed by atoms with Gasteiger partial charge in [0.15, 0.2) is 11.6 Å². The Kier molecular flexibility index (Phi) is 2.94. The predicted molar refractivity (Wildman–Crippen MR) is 83.9 cm³/mol. The molecule has 3 aromatic rings. The Hall–Kier alpha value is -3.08. The van der Waals surface area contributed by atoms with Crippen molar-refractivity contribution in [1.29, 1.82) is 0 Å². The number of ether oxygens (including phenoxy) is 1. The van der Waals surface area contributed by atoms with Gasteiger partial charge in [0.1, 0.15) is 17.4 Å². The number of aromatic nitrogens is 2. The van der Waals surface area contributed by atoms with E-state index in [2.05, 4.69) is 9.97 Å². The molecular formula is C18H12N2O3. The van der Waals surface area contributed by atoms with Crippen LogP contribution in [0.2, 0.25) is 0 Å². The molecule has 0 spiro atoms. The molecule has 0 aliphatic heterocycles. The zero-order chi connectivity index (χ0) is 16.0. The number of carbonyl (C=O) groups is 2. The van der Waals surface area contributed by atoms with E-state index >= 15 is 0 Å². The van der Waals surface area contributed by atoms with E-state index in [-0.39, 0.29) is 17.3 Å². The number of carbonyl (C=O) groups excluding carboxylic acids is 2. The van der Waals surface area contributed by atoms with Crippen molar-refractivity contribution in [2.75, 3.05) is 7.11 Å². The summed E-state index contributed by atoms with van der Waals surface area (Å²) in [6.45, 7) is 0. The molecule has 1 atom stereocenters. The molecule has 5 heteroatoms. The molecule has 4 rings (SSSR count). The summed E-state index contributed by atoms with van der Waals surface area (Å²) in [5.41, 5.74) is 1.78. The number of ketones is 2. The Morgan fingerprint density at radius 2 is 1.91 bits per heavy atom. The SMILES string of the molecule is COc1ccc2nc(C3C(=O)c4cccnc4C3=O)ccc2c1. The van der Waals surface area contributed by atoms with Crippen LogP contribution in [0, 0.1) is 0 Å². The van der Waals surface area contributed by atoms with Gasteiger partial charge in [-0.15, -0.1) is 0 Å². The molecule has 1 aliphatic rings. The molecule has 0 radical (unpaired) electrons. The van der Waals surface area contributed by atoms with Crippen molar-refractivity contribution < 1.29 is 14.3 Å². The number of methoxy groups -OCH3 is 1. The van der Waals surface area contributed by atoms with Gasteiger partial charge in [0.05, 0.1) is 18.3 Å². The Morgan fingerprint density at radius 3 is 2.70 bits per heavy atom. The minimum absolute atomic E-state index is 0.235. The summed E-state index contributed by atoms with van der Waals surface area (Å²) >= 11 is 0. The maximum absolute atomic E-state index is 12.5. The third-order valence-corrected chi connectivity index (χ3v) is 4.04. The summed E-state index contributed by atoms with van der Waals surface area (Å²) in [5, 5.41) is 0.890. The molecule has 1 unspecified atom stereocenters. The molecule has 1 aromatic carbocycles. The predicted octanol–water partition coefficient (Wildman–Crippen LogP) is 2.80. The van der Waals surface area contributed by atoms with Crippen molar-refractivity contribution in [3.8, 4) is 5.75 Å². The molecule has 1 aliphatic carbocycles. The maximum Gasteiger partial charge on any atom is 0.198 e. The summed E-state index contributed by atoms with van der Waals surface area (Å²) in [4.78, 5) is 33.6. The van der Waals surface area contributed by atoms with Crippen LogP contribution in [-0.4, -0.2) is 28.6 Å². The minimum Gasteiger partial charge on any atom is -0.497 e. The number of pyridine rings is 2. The quantitative estimate of drug-likeness (QED) is 0.681. The molecule has 0 bridgehead atoms. The fourth-order valence-corrected chi connectivity index (χ4v) is 2.89. The topological polar surface area (TPSA) is 69.2 Å². The zero-order valence-corrected chi connectivity index (χ0v) is 12.3. The molecule has 5 nitrogen and oxygen atoms in total. The fraction of sp³-hybridized carbons (Fsp3) is 0.111. The molecular weight excluding hydrogens is 292 g/mol. The Morgan fingerprint density at radius 1 is 1.04 bits per heavy atom. The summed E-state index contributed by atoms with van der Waals surface area (Å²) in [7, 11) is 1.60.